The van der Waals surface area contributed by atoms with E-state index in [2.05, 4.69) is 25.2 Å². The number of nitrogens with one attached hydrogen (secondary N) is 1. The number of pyridine rings is 2. The third-order valence-electron chi connectivity index (χ3n) is 7.08. The fourth-order valence-electron chi connectivity index (χ4n) is 4.78. The third kappa shape index (κ3) is 7.33. The van der Waals surface area contributed by atoms with E-state index >= 15 is 0 Å². The van der Waals surface area contributed by atoms with Crippen molar-refractivity contribution in [3.8, 4) is 21.7 Å². The molecule has 5 rings (SSSR count). The minimum absolute atomic E-state index is 0.152. The quantitative estimate of drug-likeness (QED) is 0.177. The van der Waals surface area contributed by atoms with E-state index in [1.807, 2.05) is 67.6 Å². The second-order valence-electron chi connectivity index (χ2n) is 10.1. The number of carbonyl (C=O) groups excluding carboxylic acids is 1. The summed E-state index contributed by atoms with van der Waals surface area (Å²) in [6.45, 7) is 5.67. The molecular weight excluding hydrogens is 571 g/mol. The van der Waals surface area contributed by atoms with Gasteiger partial charge < -0.3 is 5.32 Å². The molecule has 0 saturated carbocycles. The van der Waals surface area contributed by atoms with E-state index in [4.69, 9.17) is 0 Å². The molecule has 220 valence electrons. The number of rotatable bonds is 10. The molecule has 1 atom stereocenters. The largest absolute Gasteiger partial charge is 0.435 e. The maximum atomic E-state index is 14.2. The van der Waals surface area contributed by atoms with Gasteiger partial charge in [0.25, 0.3) is 5.91 Å². The number of aromatic nitrogens is 3. The first-order valence-electron chi connectivity index (χ1n) is 13.8. The molecule has 10 heteroatoms. The maximum absolute atomic E-state index is 14.2. The lowest BCUT2D eigenvalue weighted by molar-refractivity contribution is -0.141. The summed E-state index contributed by atoms with van der Waals surface area (Å²) in [5, 5.41) is 2.91. The number of benzene rings is 2. The number of carbonyl (C=O) groups is 1. The van der Waals surface area contributed by atoms with Crippen LogP contribution >= 0.6 is 11.3 Å². The zero-order valence-electron chi connectivity index (χ0n) is 23.7. The Morgan fingerprint density at radius 3 is 2.42 bits per heavy atom. The summed E-state index contributed by atoms with van der Waals surface area (Å²) in [6, 6.07) is 21.8. The number of nitrogens with zero attached hydrogens (tertiary/aromatic N) is 4. The lowest BCUT2D eigenvalue weighted by Crippen LogP contribution is -2.28. The van der Waals surface area contributed by atoms with E-state index in [0.29, 0.717) is 18.7 Å². The van der Waals surface area contributed by atoms with Gasteiger partial charge >= 0.3 is 6.18 Å². The van der Waals surface area contributed by atoms with E-state index < -0.39 is 28.7 Å². The van der Waals surface area contributed by atoms with Crippen LogP contribution in [-0.4, -0.2) is 32.3 Å². The maximum Gasteiger partial charge on any atom is 0.435 e. The molecule has 5 aromatic rings. The number of amides is 1. The van der Waals surface area contributed by atoms with Crippen molar-refractivity contribution in [3.05, 3.63) is 125 Å². The van der Waals surface area contributed by atoms with Crippen molar-refractivity contribution >= 4 is 17.2 Å². The highest BCUT2D eigenvalue weighted by Crippen LogP contribution is 2.39. The highest BCUT2D eigenvalue weighted by atomic mass is 32.1. The highest BCUT2D eigenvalue weighted by molar-refractivity contribution is 7.17. The minimum Gasteiger partial charge on any atom is -0.345 e. The Morgan fingerprint density at radius 1 is 0.930 bits per heavy atom. The number of hydrogen-bond donors (Lipinski definition) is 1. The highest BCUT2D eigenvalue weighted by Gasteiger charge is 2.40. The Balaban J connectivity index is 1.41. The Labute approximate surface area is 252 Å². The Kier molecular flexibility index (Phi) is 9.27. The molecule has 0 saturated heterocycles. The summed E-state index contributed by atoms with van der Waals surface area (Å²) in [7, 11) is 0. The fourth-order valence-corrected chi connectivity index (χ4v) is 5.83. The second-order valence-corrected chi connectivity index (χ2v) is 11.1. The molecule has 1 unspecified atom stereocenters. The summed E-state index contributed by atoms with van der Waals surface area (Å²) in [4.78, 5) is 27.2. The lowest BCUT2D eigenvalue weighted by atomic mass is 10.0. The van der Waals surface area contributed by atoms with Gasteiger partial charge in [-0.25, -0.2) is 4.98 Å². The molecule has 1 amide bonds. The van der Waals surface area contributed by atoms with Crippen LogP contribution in [0, 0.1) is 0 Å². The van der Waals surface area contributed by atoms with Crippen molar-refractivity contribution in [2.75, 3.05) is 6.54 Å². The van der Waals surface area contributed by atoms with Crippen molar-refractivity contribution in [2.24, 2.45) is 0 Å². The van der Waals surface area contributed by atoms with Crippen LogP contribution in [0.1, 0.15) is 51.9 Å². The van der Waals surface area contributed by atoms with Gasteiger partial charge in [0, 0.05) is 43.4 Å². The molecule has 2 aromatic carbocycles. The van der Waals surface area contributed by atoms with Crippen LogP contribution in [0.25, 0.3) is 21.7 Å². The fraction of sp³-hybridized carbons (Fsp3) is 0.212. The summed E-state index contributed by atoms with van der Waals surface area (Å²) >= 11 is 0.759. The van der Waals surface area contributed by atoms with Crippen molar-refractivity contribution in [1.29, 1.82) is 0 Å². The van der Waals surface area contributed by atoms with Gasteiger partial charge in [-0.3, -0.25) is 19.7 Å². The molecule has 3 heterocycles. The predicted molar refractivity (Wildman–Crippen MR) is 162 cm³/mol. The molecule has 0 radical (unpaired) electrons. The van der Waals surface area contributed by atoms with Gasteiger partial charge in [-0.05, 0) is 65.6 Å². The average molecular weight is 602 g/mol. The Bertz CT molecular complexity index is 1680. The molecule has 0 aliphatic carbocycles. The first kappa shape index (κ1) is 30.1. The smallest absolute Gasteiger partial charge is 0.345 e. The SMILES string of the molecule is CCN(Cc1ccncc1)Cc1ccccc1-c1nc(C(F)(F)F)c(C(=O)NC(C)c2cccc(-c3cccnc3)c2)s1. The molecule has 1 N–H and O–H groups in total. The molecule has 0 aliphatic heterocycles. The number of halogens is 3. The van der Waals surface area contributed by atoms with E-state index in [9.17, 15) is 18.0 Å². The topological polar surface area (TPSA) is 71.0 Å². The van der Waals surface area contributed by atoms with E-state index in [0.717, 1.165) is 45.7 Å². The number of alkyl halides is 3. The number of thiazole rings is 1. The molecule has 43 heavy (non-hydrogen) atoms. The first-order valence-corrected chi connectivity index (χ1v) is 14.6. The summed E-state index contributed by atoms with van der Waals surface area (Å²) in [5.41, 5.74) is 3.85. The zero-order chi connectivity index (χ0) is 30.4. The average Bonchev–Trinajstić information content (AvgIpc) is 3.49. The van der Waals surface area contributed by atoms with Crippen LogP contribution in [0.4, 0.5) is 13.2 Å². The van der Waals surface area contributed by atoms with E-state index in [-0.39, 0.29) is 5.01 Å². The standard InChI is InChI=1S/C33H30F3N5OS/c1-3-41(20-23-13-16-37-17-14-23)21-27-8-4-5-12-28(27)32-40-30(33(34,35)36)29(43-32)31(42)39-22(2)24-9-6-10-25(18-24)26-11-7-15-38-19-26/h4-19,22H,3,20-21H2,1-2H3,(H,39,42). The molecule has 0 spiro atoms. The van der Waals surface area contributed by atoms with Crippen molar-refractivity contribution in [2.45, 2.75) is 39.2 Å². The van der Waals surface area contributed by atoms with Gasteiger partial charge in [-0.1, -0.05) is 55.5 Å². The van der Waals surface area contributed by atoms with Crippen LogP contribution in [-0.2, 0) is 19.3 Å². The summed E-state index contributed by atoms with van der Waals surface area (Å²) < 4.78 is 42.6. The van der Waals surface area contributed by atoms with Crippen molar-refractivity contribution in [1.82, 2.24) is 25.2 Å². The summed E-state index contributed by atoms with van der Waals surface area (Å²) in [6.07, 6.45) is 2.08. The second kappa shape index (κ2) is 13.3. The molecular formula is C33H30F3N5OS. The van der Waals surface area contributed by atoms with E-state index in [1.165, 1.54) is 0 Å². The van der Waals surface area contributed by atoms with Gasteiger partial charge in [0.15, 0.2) is 5.69 Å². The monoisotopic (exact) mass is 601 g/mol. The zero-order valence-corrected chi connectivity index (χ0v) is 24.5. The van der Waals surface area contributed by atoms with Gasteiger partial charge in [0.05, 0.1) is 6.04 Å². The predicted octanol–water partition coefficient (Wildman–Crippen LogP) is 7.80. The molecule has 6 nitrogen and oxygen atoms in total. The Hall–Kier alpha value is -4.41. The minimum atomic E-state index is -4.80. The van der Waals surface area contributed by atoms with Gasteiger partial charge in [0.1, 0.15) is 9.88 Å². The van der Waals surface area contributed by atoms with Gasteiger partial charge in [-0.15, -0.1) is 11.3 Å². The van der Waals surface area contributed by atoms with Crippen LogP contribution in [0.3, 0.4) is 0 Å². The van der Waals surface area contributed by atoms with Crippen LogP contribution in [0.5, 0.6) is 0 Å². The van der Waals surface area contributed by atoms with Gasteiger partial charge in [-0.2, -0.15) is 13.2 Å². The molecule has 0 fully saturated rings. The number of hydrogen-bond acceptors (Lipinski definition) is 6. The summed E-state index contributed by atoms with van der Waals surface area (Å²) in [5.74, 6) is -0.819. The lowest BCUT2D eigenvalue weighted by Gasteiger charge is -2.21. The molecule has 0 aliphatic rings. The van der Waals surface area contributed by atoms with E-state index in [1.54, 1.807) is 43.8 Å². The van der Waals surface area contributed by atoms with Gasteiger partial charge in [0.2, 0.25) is 0 Å². The first-order chi connectivity index (χ1) is 20.7. The van der Waals surface area contributed by atoms with Crippen LogP contribution in [0.15, 0.2) is 97.6 Å². The van der Waals surface area contributed by atoms with Crippen LogP contribution in [0.2, 0.25) is 0 Å². The van der Waals surface area contributed by atoms with Crippen molar-refractivity contribution < 1.29 is 18.0 Å². The molecule has 0 bridgehead atoms. The van der Waals surface area contributed by atoms with Crippen LogP contribution < -0.4 is 5.32 Å². The normalized spacial score (nSPS) is 12.3. The molecule has 3 aromatic heterocycles. The Morgan fingerprint density at radius 2 is 1.70 bits per heavy atom. The van der Waals surface area contributed by atoms with Crippen molar-refractivity contribution in [3.63, 3.8) is 0 Å². The third-order valence-corrected chi connectivity index (χ3v) is 8.16.